The van der Waals surface area contributed by atoms with E-state index in [2.05, 4.69) is 31.3 Å². The molecule has 0 aliphatic carbocycles. The summed E-state index contributed by atoms with van der Waals surface area (Å²) in [6.45, 7) is 2.80. The van der Waals surface area contributed by atoms with E-state index in [0.29, 0.717) is 12.8 Å². The van der Waals surface area contributed by atoms with Gasteiger partial charge in [-0.1, -0.05) is 224 Å². The predicted molar refractivity (Wildman–Crippen MR) is 282 cm³/mol. The maximum atomic E-state index is 13.2. The van der Waals surface area contributed by atoms with E-state index in [0.717, 1.165) is 32.1 Å². The number of amides is 1. The Hall–Kier alpha value is -1.53. The Kier molecular flexibility index (Phi) is 40.4. The Morgan fingerprint density at radius 1 is 0.493 bits per heavy atom. The smallest absolute Gasteiger partial charge is 0.220 e. The Morgan fingerprint density at radius 2 is 0.901 bits per heavy atom. The van der Waals surface area contributed by atoms with Gasteiger partial charge in [-0.05, 0) is 32.1 Å². The molecule has 0 saturated carbocycles. The number of rotatable bonds is 46. The van der Waals surface area contributed by atoms with E-state index in [-0.39, 0.29) is 18.9 Å². The lowest BCUT2D eigenvalue weighted by Crippen LogP contribution is -2.65. The quantitative estimate of drug-likeness (QED) is 0.0205. The zero-order valence-corrected chi connectivity index (χ0v) is 44.7. The summed E-state index contributed by atoms with van der Waals surface area (Å²) in [5.41, 5.74) is 0. The van der Waals surface area contributed by atoms with Crippen molar-refractivity contribution in [2.24, 2.45) is 0 Å². The van der Waals surface area contributed by atoms with Gasteiger partial charge < -0.3 is 65.1 Å². The second-order valence-corrected chi connectivity index (χ2v) is 20.8. The van der Waals surface area contributed by atoms with E-state index in [1.807, 2.05) is 6.08 Å². The molecule has 0 radical (unpaired) electrons. The molecule has 9 N–H and O–H groups in total. The first kappa shape index (κ1) is 65.6. The minimum atomic E-state index is -1.79. The standard InChI is InChI=1S/C57H107NO13/c1-3-5-7-9-11-13-15-17-19-21-23-25-27-29-31-33-35-37-39-41-49(62)58-45(46(61)40-38-36-34-32-30-28-26-24-22-20-18-16-14-12-10-8-6-4-2)44-68-56-54(67)52(65)55(48(43-60)70-56)71-57-53(66)51(64)50(63)47(42-59)69-57/h30,32,38,40,45-48,50-57,59-61,63-67H,3-29,31,33-37,39,41-44H2,1-2H3,(H,58,62)/b32-30+,40-38+. The Morgan fingerprint density at radius 3 is 1.38 bits per heavy atom. The molecule has 2 aliphatic rings. The number of hydrogen-bond acceptors (Lipinski definition) is 13. The molecule has 0 aromatic rings. The summed E-state index contributed by atoms with van der Waals surface area (Å²) >= 11 is 0. The van der Waals surface area contributed by atoms with E-state index >= 15 is 0 Å². The van der Waals surface area contributed by atoms with Gasteiger partial charge >= 0.3 is 0 Å². The van der Waals surface area contributed by atoms with E-state index in [4.69, 9.17) is 18.9 Å². The van der Waals surface area contributed by atoms with Crippen molar-refractivity contribution >= 4 is 5.91 Å². The minimum absolute atomic E-state index is 0.245. The summed E-state index contributed by atoms with van der Waals surface area (Å²) < 4.78 is 22.7. The molecule has 0 bridgehead atoms. The predicted octanol–water partition coefficient (Wildman–Crippen LogP) is 9.28. The summed E-state index contributed by atoms with van der Waals surface area (Å²) in [5.74, 6) is -0.245. The molecule has 2 saturated heterocycles. The normalized spacial score (nSPS) is 25.9. The van der Waals surface area contributed by atoms with E-state index in [1.54, 1.807) is 6.08 Å². The molecular weight excluding hydrogens is 907 g/mol. The molecule has 2 heterocycles. The van der Waals surface area contributed by atoms with Crippen LogP contribution in [-0.2, 0) is 23.7 Å². The number of carbonyl (C=O) groups excluding carboxylic acids is 1. The second-order valence-electron chi connectivity index (χ2n) is 20.8. The fraction of sp³-hybridized carbons (Fsp3) is 0.912. The zero-order valence-electron chi connectivity index (χ0n) is 44.7. The maximum absolute atomic E-state index is 13.2. The Bertz CT molecular complexity index is 1290. The van der Waals surface area contributed by atoms with Crippen LogP contribution in [0.4, 0.5) is 0 Å². The third-order valence-corrected chi connectivity index (χ3v) is 14.4. The largest absolute Gasteiger partial charge is 0.394 e. The molecule has 14 heteroatoms. The summed E-state index contributed by atoms with van der Waals surface area (Å²) in [6.07, 6.45) is 33.6. The first-order valence-corrected chi connectivity index (χ1v) is 29.1. The van der Waals surface area contributed by atoms with Gasteiger partial charge in [-0.3, -0.25) is 4.79 Å². The van der Waals surface area contributed by atoms with E-state index < -0.39 is 86.8 Å². The van der Waals surface area contributed by atoms with Crippen molar-refractivity contribution in [2.45, 2.75) is 312 Å². The number of unbranched alkanes of at least 4 members (excludes halogenated alkanes) is 31. The van der Waals surface area contributed by atoms with Crippen LogP contribution in [0.2, 0.25) is 0 Å². The molecule has 2 aliphatic heterocycles. The molecule has 0 aromatic carbocycles. The molecule has 12 atom stereocenters. The summed E-state index contributed by atoms with van der Waals surface area (Å²) in [7, 11) is 0. The highest BCUT2D eigenvalue weighted by Crippen LogP contribution is 2.30. The third-order valence-electron chi connectivity index (χ3n) is 14.4. The molecule has 71 heavy (non-hydrogen) atoms. The molecule has 0 spiro atoms. The lowest BCUT2D eigenvalue weighted by molar-refractivity contribution is -0.359. The van der Waals surface area contributed by atoms with Crippen LogP contribution >= 0.6 is 0 Å². The third kappa shape index (κ3) is 30.0. The van der Waals surface area contributed by atoms with Crippen molar-refractivity contribution in [3.8, 4) is 0 Å². The monoisotopic (exact) mass is 1010 g/mol. The molecular formula is C57H107NO13. The topological polar surface area (TPSA) is 228 Å². The molecule has 1 amide bonds. The lowest BCUT2D eigenvalue weighted by atomic mass is 9.97. The van der Waals surface area contributed by atoms with Crippen LogP contribution in [0.5, 0.6) is 0 Å². The SMILES string of the molecule is CCCCCCCCCCCCCC/C=C/CC/C=C/C(O)C(COC1OC(CO)C(OC2OC(CO)C(O)C(O)C2O)C(O)C1O)NC(=O)CCCCCCCCCCCCCCCCCCCCC. The average Bonchev–Trinajstić information content (AvgIpc) is 3.37. The van der Waals surface area contributed by atoms with Crippen molar-refractivity contribution in [3.05, 3.63) is 24.3 Å². The van der Waals surface area contributed by atoms with Gasteiger partial charge in [-0.2, -0.15) is 0 Å². The van der Waals surface area contributed by atoms with Gasteiger partial charge in [0.05, 0.1) is 32.0 Å². The number of carbonyl (C=O) groups is 1. The van der Waals surface area contributed by atoms with Crippen molar-refractivity contribution < 1.29 is 64.6 Å². The highest BCUT2D eigenvalue weighted by molar-refractivity contribution is 5.76. The Balaban J connectivity index is 1.80. The van der Waals surface area contributed by atoms with Crippen LogP contribution in [0.15, 0.2) is 24.3 Å². The van der Waals surface area contributed by atoms with Crippen LogP contribution in [0.3, 0.4) is 0 Å². The minimum Gasteiger partial charge on any atom is -0.394 e. The van der Waals surface area contributed by atoms with E-state index in [9.17, 15) is 45.6 Å². The number of hydrogen-bond donors (Lipinski definition) is 9. The number of nitrogens with one attached hydrogen (secondary N) is 1. The van der Waals surface area contributed by atoms with Gasteiger partial charge in [0.15, 0.2) is 12.6 Å². The van der Waals surface area contributed by atoms with Crippen LogP contribution in [0.25, 0.3) is 0 Å². The van der Waals surface area contributed by atoms with Gasteiger partial charge in [-0.25, -0.2) is 0 Å². The van der Waals surface area contributed by atoms with E-state index in [1.165, 1.54) is 173 Å². The molecule has 2 rings (SSSR count). The Labute approximate surface area is 430 Å². The fourth-order valence-electron chi connectivity index (χ4n) is 9.66. The molecule has 14 nitrogen and oxygen atoms in total. The number of ether oxygens (including phenoxy) is 4. The van der Waals surface area contributed by atoms with Crippen molar-refractivity contribution in [2.75, 3.05) is 19.8 Å². The molecule has 2 fully saturated rings. The van der Waals surface area contributed by atoms with Crippen LogP contribution in [0.1, 0.15) is 239 Å². The van der Waals surface area contributed by atoms with Gasteiger partial charge in [-0.15, -0.1) is 0 Å². The fourth-order valence-corrected chi connectivity index (χ4v) is 9.66. The van der Waals surface area contributed by atoms with Gasteiger partial charge in [0.2, 0.25) is 5.91 Å². The van der Waals surface area contributed by atoms with Crippen molar-refractivity contribution in [1.29, 1.82) is 0 Å². The van der Waals surface area contributed by atoms with Crippen LogP contribution in [0, 0.1) is 0 Å². The van der Waals surface area contributed by atoms with Crippen LogP contribution < -0.4 is 5.32 Å². The lowest BCUT2D eigenvalue weighted by Gasteiger charge is -2.46. The summed E-state index contributed by atoms with van der Waals surface area (Å²) in [6, 6.07) is -0.927. The summed E-state index contributed by atoms with van der Waals surface area (Å²) in [4.78, 5) is 13.2. The average molecular weight is 1010 g/mol. The molecule has 12 unspecified atom stereocenters. The number of allylic oxidation sites excluding steroid dienone is 3. The maximum Gasteiger partial charge on any atom is 0.220 e. The van der Waals surface area contributed by atoms with Crippen LogP contribution in [-0.4, -0.2) is 140 Å². The van der Waals surface area contributed by atoms with Crippen molar-refractivity contribution in [3.63, 3.8) is 0 Å². The first-order chi connectivity index (χ1) is 34.6. The first-order valence-electron chi connectivity index (χ1n) is 29.1. The van der Waals surface area contributed by atoms with Gasteiger partial charge in [0.25, 0.3) is 0 Å². The van der Waals surface area contributed by atoms with Gasteiger partial charge in [0.1, 0.15) is 48.8 Å². The second kappa shape index (κ2) is 43.7. The molecule has 418 valence electrons. The van der Waals surface area contributed by atoms with Gasteiger partial charge in [0, 0.05) is 6.42 Å². The zero-order chi connectivity index (χ0) is 51.7. The highest BCUT2D eigenvalue weighted by atomic mass is 16.7. The highest BCUT2D eigenvalue weighted by Gasteiger charge is 2.51. The summed E-state index contributed by atoms with van der Waals surface area (Å²) in [5, 5.41) is 87.0. The number of aliphatic hydroxyl groups is 8. The van der Waals surface area contributed by atoms with Crippen molar-refractivity contribution in [1.82, 2.24) is 5.32 Å². The molecule has 0 aromatic heterocycles. The number of aliphatic hydroxyl groups excluding tert-OH is 8.